The third-order valence-electron chi connectivity index (χ3n) is 10.9. The maximum absolute atomic E-state index is 13.0. The van der Waals surface area contributed by atoms with E-state index >= 15 is 0 Å². The molecule has 1 spiro atoms. The van der Waals surface area contributed by atoms with E-state index in [2.05, 4.69) is 13.8 Å². The summed E-state index contributed by atoms with van der Waals surface area (Å²) in [5, 5.41) is 11.6. The second kappa shape index (κ2) is 10.3. The Morgan fingerprint density at radius 3 is 2.41 bits per heavy atom. The molecule has 0 unspecified atom stereocenters. The molecule has 220 valence electrons. The Morgan fingerprint density at radius 1 is 1.10 bits per heavy atom. The van der Waals surface area contributed by atoms with Gasteiger partial charge in [0.2, 0.25) is 0 Å². The lowest BCUT2D eigenvalue weighted by atomic mass is 9.41. The summed E-state index contributed by atoms with van der Waals surface area (Å²) in [4.78, 5) is 37.7. The average molecular weight is 553 g/mol. The van der Waals surface area contributed by atoms with E-state index in [0.29, 0.717) is 25.4 Å². The summed E-state index contributed by atoms with van der Waals surface area (Å²) in [5.41, 5.74) is -2.75. The molecule has 2 saturated carbocycles. The Kier molecular flexibility index (Phi) is 7.57. The molecule has 3 aliphatic heterocycles. The first-order valence-corrected chi connectivity index (χ1v) is 14.5. The van der Waals surface area contributed by atoms with Crippen LogP contribution >= 0.6 is 0 Å². The summed E-state index contributed by atoms with van der Waals surface area (Å²) in [6.07, 6.45) is -0.0393. The number of aliphatic hydroxyl groups excluding tert-OH is 1. The minimum atomic E-state index is -1.18. The molecule has 5 aliphatic rings. The molecular weight excluding hydrogens is 508 g/mol. The van der Waals surface area contributed by atoms with Crippen molar-refractivity contribution < 1.29 is 47.9 Å². The number of fused-ring (bicyclic) bond motifs is 3. The molecule has 1 N–H and O–H groups in total. The smallest absolute Gasteiger partial charge is 0.309 e. The lowest BCUT2D eigenvalue weighted by molar-refractivity contribution is -0.285. The van der Waals surface area contributed by atoms with Gasteiger partial charge in [-0.3, -0.25) is 14.4 Å². The summed E-state index contributed by atoms with van der Waals surface area (Å²) < 4.78 is 36.4. The molecule has 12 atom stereocenters. The normalized spacial score (nSPS) is 47.2. The Balaban J connectivity index is 1.62. The fourth-order valence-electron chi connectivity index (χ4n) is 8.29. The van der Waals surface area contributed by atoms with Gasteiger partial charge in [-0.05, 0) is 43.9 Å². The van der Waals surface area contributed by atoms with Crippen molar-refractivity contribution in [3.05, 3.63) is 0 Å². The second-order valence-electron chi connectivity index (χ2n) is 12.8. The SMILES string of the molecule is CC[C@H](C)C(=O)O[C@H]1[C@@H](O)C[C@@H]2[C@@](C)([C@@H]3C[C@H]4CCO[C@H]4O3)[C@H](C)C[C@H](OC(C)=O)[C@@]2(COC(C)=O)[C@@]12CO2. The Bertz CT molecular complexity index is 967. The van der Waals surface area contributed by atoms with Crippen molar-refractivity contribution in [3.63, 3.8) is 0 Å². The van der Waals surface area contributed by atoms with Crippen LogP contribution in [0.1, 0.15) is 73.6 Å². The van der Waals surface area contributed by atoms with Crippen molar-refractivity contribution in [1.29, 1.82) is 0 Å². The molecule has 10 heteroatoms. The van der Waals surface area contributed by atoms with E-state index in [9.17, 15) is 19.5 Å². The quantitative estimate of drug-likeness (QED) is 0.286. The summed E-state index contributed by atoms with van der Waals surface area (Å²) in [6.45, 7) is 11.5. The van der Waals surface area contributed by atoms with Crippen molar-refractivity contribution in [3.8, 4) is 0 Å². The van der Waals surface area contributed by atoms with Crippen LogP contribution in [0.15, 0.2) is 0 Å². The third kappa shape index (κ3) is 4.41. The minimum Gasteiger partial charge on any atom is -0.465 e. The third-order valence-corrected chi connectivity index (χ3v) is 10.9. The van der Waals surface area contributed by atoms with E-state index < -0.39 is 52.7 Å². The molecule has 5 fully saturated rings. The highest BCUT2D eigenvalue weighted by molar-refractivity contribution is 5.72. The number of esters is 3. The van der Waals surface area contributed by atoms with Gasteiger partial charge in [-0.2, -0.15) is 0 Å². The summed E-state index contributed by atoms with van der Waals surface area (Å²) in [6, 6.07) is 0. The largest absolute Gasteiger partial charge is 0.465 e. The van der Waals surface area contributed by atoms with Gasteiger partial charge in [0, 0.05) is 25.2 Å². The van der Waals surface area contributed by atoms with Gasteiger partial charge >= 0.3 is 17.9 Å². The lowest BCUT2D eigenvalue weighted by Gasteiger charge is -2.65. The Hall–Kier alpha value is -1.75. The standard InChI is InChI=1S/C29H44O10/c1-7-15(2)25(33)39-24-20(32)12-21-27(6,22-11-19-8-9-34-26(19)38-22)16(3)10-23(37-18(5)31)28(21,13-35-17(4)30)29(24)14-36-29/h15-16,19-24,26,32H,7-14H2,1-6H3/t15-,16+,19+,20-,21+,22-,23-,24-,26-,27-,28-,29+/m0/s1. The molecule has 3 saturated heterocycles. The molecule has 5 rings (SSSR count). The van der Waals surface area contributed by atoms with Crippen LogP contribution in [0.5, 0.6) is 0 Å². The van der Waals surface area contributed by atoms with Crippen LogP contribution in [0, 0.1) is 34.5 Å². The fourth-order valence-corrected chi connectivity index (χ4v) is 8.29. The average Bonchev–Trinajstić information content (AvgIpc) is 3.36. The zero-order valence-electron chi connectivity index (χ0n) is 24.0. The molecule has 2 aliphatic carbocycles. The number of carbonyl (C=O) groups excluding carboxylic acids is 3. The number of ether oxygens (including phenoxy) is 6. The van der Waals surface area contributed by atoms with E-state index in [1.54, 1.807) is 6.92 Å². The predicted octanol–water partition coefficient (Wildman–Crippen LogP) is 2.77. The topological polar surface area (TPSA) is 130 Å². The first-order chi connectivity index (χ1) is 18.4. The van der Waals surface area contributed by atoms with Gasteiger partial charge in [-0.15, -0.1) is 0 Å². The number of aliphatic hydroxyl groups is 1. The molecule has 0 amide bonds. The van der Waals surface area contributed by atoms with Gasteiger partial charge in [-0.1, -0.05) is 27.7 Å². The minimum absolute atomic E-state index is 0.0309. The maximum Gasteiger partial charge on any atom is 0.309 e. The van der Waals surface area contributed by atoms with E-state index in [1.165, 1.54) is 13.8 Å². The first-order valence-electron chi connectivity index (χ1n) is 14.5. The number of hydrogen-bond acceptors (Lipinski definition) is 10. The summed E-state index contributed by atoms with van der Waals surface area (Å²) >= 11 is 0. The molecule has 39 heavy (non-hydrogen) atoms. The van der Waals surface area contributed by atoms with Gasteiger partial charge in [0.1, 0.15) is 18.3 Å². The van der Waals surface area contributed by atoms with Crippen LogP contribution in [0.3, 0.4) is 0 Å². The van der Waals surface area contributed by atoms with Crippen LogP contribution in [0.2, 0.25) is 0 Å². The van der Waals surface area contributed by atoms with Gasteiger partial charge < -0.3 is 33.5 Å². The molecule has 0 aromatic heterocycles. The molecule has 0 aromatic rings. The second-order valence-corrected chi connectivity index (χ2v) is 12.8. The number of epoxide rings is 1. The highest BCUT2D eigenvalue weighted by Crippen LogP contribution is 2.70. The van der Waals surface area contributed by atoms with Crippen LogP contribution in [-0.4, -0.2) is 79.1 Å². The fraction of sp³-hybridized carbons (Fsp3) is 0.897. The molecule has 3 heterocycles. The van der Waals surface area contributed by atoms with Gasteiger partial charge in [0.05, 0.1) is 36.8 Å². The molecule has 0 bridgehead atoms. The van der Waals surface area contributed by atoms with Crippen LogP contribution in [-0.2, 0) is 42.8 Å². The van der Waals surface area contributed by atoms with E-state index in [4.69, 9.17) is 28.4 Å². The van der Waals surface area contributed by atoms with E-state index in [0.717, 1.165) is 12.8 Å². The van der Waals surface area contributed by atoms with E-state index in [1.807, 2.05) is 6.92 Å². The Morgan fingerprint density at radius 2 is 1.82 bits per heavy atom. The molecular formula is C29H44O10. The highest BCUT2D eigenvalue weighted by Gasteiger charge is 2.81. The molecule has 10 nitrogen and oxygen atoms in total. The summed E-state index contributed by atoms with van der Waals surface area (Å²) in [7, 11) is 0. The zero-order chi connectivity index (χ0) is 28.3. The van der Waals surface area contributed by atoms with Crippen molar-refractivity contribution in [2.75, 3.05) is 19.8 Å². The van der Waals surface area contributed by atoms with Crippen molar-refractivity contribution in [1.82, 2.24) is 0 Å². The van der Waals surface area contributed by atoms with Crippen molar-refractivity contribution >= 4 is 17.9 Å². The van der Waals surface area contributed by atoms with Crippen molar-refractivity contribution in [2.24, 2.45) is 34.5 Å². The summed E-state index contributed by atoms with van der Waals surface area (Å²) in [5.74, 6) is -1.70. The van der Waals surface area contributed by atoms with Crippen molar-refractivity contribution in [2.45, 2.75) is 110 Å². The first kappa shape index (κ1) is 28.8. The maximum atomic E-state index is 13.0. The van der Waals surface area contributed by atoms with Crippen LogP contribution in [0.4, 0.5) is 0 Å². The lowest BCUT2D eigenvalue weighted by Crippen LogP contribution is -2.74. The van der Waals surface area contributed by atoms with Crippen LogP contribution in [0.25, 0.3) is 0 Å². The number of carbonyl (C=O) groups is 3. The zero-order valence-corrected chi connectivity index (χ0v) is 24.0. The van der Waals surface area contributed by atoms with Gasteiger partial charge in [0.15, 0.2) is 12.4 Å². The molecule has 0 aromatic carbocycles. The van der Waals surface area contributed by atoms with E-state index in [-0.39, 0.29) is 49.8 Å². The Labute approximate surface area is 230 Å². The van der Waals surface area contributed by atoms with Gasteiger partial charge in [-0.25, -0.2) is 0 Å². The highest BCUT2D eigenvalue weighted by atomic mass is 16.7. The predicted molar refractivity (Wildman–Crippen MR) is 136 cm³/mol. The van der Waals surface area contributed by atoms with Gasteiger partial charge in [0.25, 0.3) is 0 Å². The molecule has 0 radical (unpaired) electrons. The monoisotopic (exact) mass is 552 g/mol. The number of hydrogen-bond donors (Lipinski definition) is 1. The number of rotatable bonds is 7. The van der Waals surface area contributed by atoms with Crippen LogP contribution < -0.4 is 0 Å².